The van der Waals surface area contributed by atoms with Gasteiger partial charge in [0.2, 0.25) is 10.0 Å². The predicted molar refractivity (Wildman–Crippen MR) is 86.3 cm³/mol. The zero-order valence-electron chi connectivity index (χ0n) is 13.3. The lowest BCUT2D eigenvalue weighted by Gasteiger charge is -2.32. The molecule has 0 bridgehead atoms. The summed E-state index contributed by atoms with van der Waals surface area (Å²) < 4.78 is 27.4. The van der Waals surface area contributed by atoms with Crippen molar-refractivity contribution >= 4 is 15.7 Å². The van der Waals surface area contributed by atoms with E-state index in [0.717, 1.165) is 36.4 Å². The number of anilines is 1. The van der Waals surface area contributed by atoms with E-state index >= 15 is 0 Å². The molecule has 0 unspecified atom stereocenters. The predicted octanol–water partition coefficient (Wildman–Crippen LogP) is 1.67. The molecular formula is C15H25N3O2S. The summed E-state index contributed by atoms with van der Waals surface area (Å²) >= 11 is 0. The first kappa shape index (κ1) is 16.3. The monoisotopic (exact) mass is 311 g/mol. The Labute approximate surface area is 128 Å². The van der Waals surface area contributed by atoms with E-state index in [-0.39, 0.29) is 0 Å². The second kappa shape index (κ2) is 6.34. The van der Waals surface area contributed by atoms with Crippen LogP contribution in [0, 0.1) is 13.8 Å². The van der Waals surface area contributed by atoms with Gasteiger partial charge < -0.3 is 10.2 Å². The molecule has 1 aliphatic heterocycles. The average Bonchev–Trinajstić information content (AvgIpc) is 2.38. The highest BCUT2D eigenvalue weighted by molar-refractivity contribution is 7.89. The van der Waals surface area contributed by atoms with Gasteiger partial charge in [0.25, 0.3) is 0 Å². The quantitative estimate of drug-likeness (QED) is 0.919. The third kappa shape index (κ3) is 3.39. The van der Waals surface area contributed by atoms with Gasteiger partial charge in [-0.2, -0.15) is 4.31 Å². The summed E-state index contributed by atoms with van der Waals surface area (Å²) in [5.41, 5.74) is 2.60. The molecule has 1 N–H and O–H groups in total. The summed E-state index contributed by atoms with van der Waals surface area (Å²) in [5, 5.41) is 3.24. The van der Waals surface area contributed by atoms with Crippen molar-refractivity contribution in [3.63, 3.8) is 0 Å². The van der Waals surface area contributed by atoms with Gasteiger partial charge in [-0.25, -0.2) is 8.42 Å². The molecule has 1 saturated heterocycles. The van der Waals surface area contributed by atoms with Gasteiger partial charge in [-0.3, -0.25) is 0 Å². The van der Waals surface area contributed by atoms with Crippen molar-refractivity contribution in [2.75, 3.05) is 45.1 Å². The van der Waals surface area contributed by atoms with E-state index in [2.05, 4.69) is 10.2 Å². The highest BCUT2D eigenvalue weighted by atomic mass is 32.2. The van der Waals surface area contributed by atoms with Crippen LogP contribution in [0.1, 0.15) is 18.1 Å². The van der Waals surface area contributed by atoms with Gasteiger partial charge in [-0.15, -0.1) is 0 Å². The van der Waals surface area contributed by atoms with E-state index < -0.39 is 10.0 Å². The van der Waals surface area contributed by atoms with Gasteiger partial charge in [0.1, 0.15) is 0 Å². The molecule has 0 aliphatic carbocycles. The molecule has 1 heterocycles. The van der Waals surface area contributed by atoms with Crippen LogP contribution < -0.4 is 5.32 Å². The van der Waals surface area contributed by atoms with Crippen LogP contribution >= 0.6 is 0 Å². The number of piperazine rings is 1. The summed E-state index contributed by atoms with van der Waals surface area (Å²) in [5.74, 6) is 0. The summed E-state index contributed by atoms with van der Waals surface area (Å²) in [6, 6.07) is 3.83. The lowest BCUT2D eigenvalue weighted by atomic mass is 10.1. The van der Waals surface area contributed by atoms with E-state index in [0.29, 0.717) is 18.0 Å². The van der Waals surface area contributed by atoms with Crippen LogP contribution in [0.5, 0.6) is 0 Å². The van der Waals surface area contributed by atoms with Crippen LogP contribution in [0.15, 0.2) is 17.0 Å². The highest BCUT2D eigenvalue weighted by Gasteiger charge is 2.30. The molecule has 0 atom stereocenters. The summed E-state index contributed by atoms with van der Waals surface area (Å²) in [6.45, 7) is 9.29. The van der Waals surface area contributed by atoms with Crippen molar-refractivity contribution < 1.29 is 8.42 Å². The Morgan fingerprint density at radius 3 is 2.10 bits per heavy atom. The second-order valence-electron chi connectivity index (χ2n) is 5.68. The van der Waals surface area contributed by atoms with E-state index in [9.17, 15) is 8.42 Å². The standard InChI is InChI=1S/C15H25N3O2S/c1-5-16-14-10-12(2)15(13(3)11-14)21(19,20)18-8-6-17(4)7-9-18/h10-11,16H,5-9H2,1-4H3. The van der Waals surface area contributed by atoms with E-state index in [1.165, 1.54) is 0 Å². The number of sulfonamides is 1. The Kier molecular flexibility index (Phi) is 4.91. The zero-order valence-corrected chi connectivity index (χ0v) is 14.1. The van der Waals surface area contributed by atoms with Crippen LogP contribution in [0.2, 0.25) is 0 Å². The third-order valence-corrected chi connectivity index (χ3v) is 6.11. The Morgan fingerprint density at radius 2 is 1.62 bits per heavy atom. The number of benzene rings is 1. The third-order valence-electron chi connectivity index (χ3n) is 3.90. The maximum absolute atomic E-state index is 12.9. The Hall–Kier alpha value is -1.11. The first-order chi connectivity index (χ1) is 9.86. The molecule has 1 fully saturated rings. The second-order valence-corrected chi connectivity index (χ2v) is 7.55. The van der Waals surface area contributed by atoms with Crippen molar-refractivity contribution in [2.45, 2.75) is 25.7 Å². The minimum atomic E-state index is -3.40. The van der Waals surface area contributed by atoms with Crippen molar-refractivity contribution in [1.29, 1.82) is 0 Å². The molecule has 0 amide bonds. The molecule has 118 valence electrons. The lowest BCUT2D eigenvalue weighted by Crippen LogP contribution is -2.47. The van der Waals surface area contributed by atoms with Gasteiger partial charge in [0, 0.05) is 38.4 Å². The van der Waals surface area contributed by atoms with E-state index in [1.54, 1.807) is 4.31 Å². The van der Waals surface area contributed by atoms with Crippen LogP contribution in [0.25, 0.3) is 0 Å². The molecule has 1 aromatic carbocycles. The van der Waals surface area contributed by atoms with Crippen molar-refractivity contribution in [1.82, 2.24) is 9.21 Å². The molecule has 0 radical (unpaired) electrons. The average molecular weight is 311 g/mol. The first-order valence-electron chi connectivity index (χ1n) is 7.40. The summed E-state index contributed by atoms with van der Waals surface area (Å²) in [6.07, 6.45) is 0. The summed E-state index contributed by atoms with van der Waals surface area (Å²) in [4.78, 5) is 2.62. The molecule has 1 aromatic rings. The SMILES string of the molecule is CCNc1cc(C)c(S(=O)(=O)N2CCN(C)CC2)c(C)c1. The van der Waals surface area contributed by atoms with Gasteiger partial charge in [-0.05, 0) is 51.1 Å². The molecule has 0 aromatic heterocycles. The Balaban J connectivity index is 2.36. The zero-order chi connectivity index (χ0) is 15.6. The van der Waals surface area contributed by atoms with Gasteiger partial charge in [0.15, 0.2) is 0 Å². The fourth-order valence-corrected chi connectivity index (χ4v) is 4.65. The van der Waals surface area contributed by atoms with Gasteiger partial charge in [-0.1, -0.05) is 0 Å². The Bertz CT molecular complexity index is 582. The molecule has 6 heteroatoms. The van der Waals surface area contributed by atoms with Crippen molar-refractivity contribution in [3.8, 4) is 0 Å². The minimum Gasteiger partial charge on any atom is -0.385 e. The first-order valence-corrected chi connectivity index (χ1v) is 8.84. The van der Waals surface area contributed by atoms with E-state index in [1.807, 2.05) is 40.0 Å². The molecule has 1 aliphatic rings. The van der Waals surface area contributed by atoms with Crippen molar-refractivity contribution in [3.05, 3.63) is 23.3 Å². The number of likely N-dealkylation sites (N-methyl/N-ethyl adjacent to an activating group) is 1. The lowest BCUT2D eigenvalue weighted by molar-refractivity contribution is 0.222. The number of aryl methyl sites for hydroxylation is 2. The number of hydrogen-bond acceptors (Lipinski definition) is 4. The minimum absolute atomic E-state index is 0.466. The normalized spacial score (nSPS) is 17.9. The maximum atomic E-state index is 12.9. The van der Waals surface area contributed by atoms with Gasteiger partial charge >= 0.3 is 0 Å². The van der Waals surface area contributed by atoms with Crippen LogP contribution in [-0.4, -0.2) is 57.4 Å². The molecule has 2 rings (SSSR count). The number of hydrogen-bond donors (Lipinski definition) is 1. The van der Waals surface area contributed by atoms with Crippen molar-refractivity contribution in [2.24, 2.45) is 0 Å². The highest BCUT2D eigenvalue weighted by Crippen LogP contribution is 2.27. The van der Waals surface area contributed by atoms with Gasteiger partial charge in [0.05, 0.1) is 4.90 Å². The number of rotatable bonds is 4. The molecular weight excluding hydrogens is 286 g/mol. The maximum Gasteiger partial charge on any atom is 0.243 e. The smallest absolute Gasteiger partial charge is 0.243 e. The fraction of sp³-hybridized carbons (Fsp3) is 0.600. The summed E-state index contributed by atoms with van der Waals surface area (Å²) in [7, 11) is -1.38. The Morgan fingerprint density at radius 1 is 1.10 bits per heavy atom. The fourth-order valence-electron chi connectivity index (χ4n) is 2.82. The van der Waals surface area contributed by atoms with Crippen LogP contribution in [-0.2, 0) is 10.0 Å². The molecule has 21 heavy (non-hydrogen) atoms. The number of nitrogens with one attached hydrogen (secondary N) is 1. The number of nitrogens with zero attached hydrogens (tertiary/aromatic N) is 2. The topological polar surface area (TPSA) is 52.7 Å². The molecule has 0 saturated carbocycles. The van der Waals surface area contributed by atoms with Crippen LogP contribution in [0.4, 0.5) is 5.69 Å². The van der Waals surface area contributed by atoms with Crippen LogP contribution in [0.3, 0.4) is 0 Å². The molecule has 5 nitrogen and oxygen atoms in total. The molecule has 0 spiro atoms. The largest absolute Gasteiger partial charge is 0.385 e. The van der Waals surface area contributed by atoms with E-state index in [4.69, 9.17) is 0 Å².